The van der Waals surface area contributed by atoms with Crippen LogP contribution in [0.1, 0.15) is 34.1 Å². The smallest absolute Gasteiger partial charge is 0.156 e. The summed E-state index contributed by atoms with van der Waals surface area (Å²) < 4.78 is 22.5. The van der Waals surface area contributed by atoms with Crippen LogP contribution in [-0.4, -0.2) is 18.9 Å². The first-order chi connectivity index (χ1) is 4.71. The largest absolute Gasteiger partial charge is 0.228 e. The van der Waals surface area contributed by atoms with Crippen LogP contribution in [0.2, 0.25) is 0 Å². The molecule has 1 fully saturated rings. The van der Waals surface area contributed by atoms with Crippen molar-refractivity contribution in [3.8, 4) is 0 Å². The van der Waals surface area contributed by atoms with Gasteiger partial charge in [-0.05, 0) is 25.7 Å². The van der Waals surface area contributed by atoms with E-state index in [1.54, 1.807) is 0 Å². The van der Waals surface area contributed by atoms with Crippen molar-refractivity contribution in [2.45, 2.75) is 38.9 Å². The van der Waals surface area contributed by atoms with Gasteiger partial charge in [-0.3, -0.25) is 0 Å². The summed E-state index contributed by atoms with van der Waals surface area (Å²) >= 11 is 0. The fourth-order valence-corrected chi connectivity index (χ4v) is 3.60. The van der Waals surface area contributed by atoms with E-state index in [1.165, 1.54) is 0 Å². The Kier molecular flexibility index (Phi) is 1.65. The molecule has 1 aliphatic rings. The maximum Gasteiger partial charge on any atom is 0.156 e. The summed E-state index contributed by atoms with van der Waals surface area (Å²) in [6.07, 6.45) is 0.794. The zero-order valence-electron chi connectivity index (χ0n) is 7.64. The molecule has 66 valence electrons. The lowest BCUT2D eigenvalue weighted by Gasteiger charge is -2.32. The molecule has 0 radical (unpaired) electrons. The lowest BCUT2D eigenvalue weighted by atomic mass is 9.79. The van der Waals surface area contributed by atoms with E-state index in [-0.39, 0.29) is 5.41 Å². The lowest BCUT2D eigenvalue weighted by molar-refractivity contribution is 0.287. The lowest BCUT2D eigenvalue weighted by Crippen LogP contribution is -2.39. The van der Waals surface area contributed by atoms with Crippen molar-refractivity contribution in [2.24, 2.45) is 5.41 Å². The molecule has 2 nitrogen and oxygen atoms in total. The molecule has 0 aromatic carbocycles. The Labute approximate surface area is 68.9 Å². The summed E-state index contributed by atoms with van der Waals surface area (Å²) in [5.74, 6) is 0.354. The monoisotopic (exact) mass is 176 g/mol. The van der Waals surface area contributed by atoms with Crippen molar-refractivity contribution in [1.82, 2.24) is 0 Å². The molecule has 1 aliphatic heterocycles. The molecule has 1 saturated heterocycles. The summed E-state index contributed by atoms with van der Waals surface area (Å²) in [6, 6.07) is 0. The minimum Gasteiger partial charge on any atom is -0.228 e. The Balaban J connectivity index is 3.21. The van der Waals surface area contributed by atoms with E-state index < -0.39 is 14.6 Å². The molecule has 0 aromatic rings. The van der Waals surface area contributed by atoms with Gasteiger partial charge in [0.25, 0.3) is 0 Å². The third-order valence-electron chi connectivity index (χ3n) is 3.40. The van der Waals surface area contributed by atoms with Crippen molar-refractivity contribution in [3.05, 3.63) is 0 Å². The molecule has 0 saturated carbocycles. The van der Waals surface area contributed by atoms with Gasteiger partial charge in [-0.1, -0.05) is 13.8 Å². The predicted molar refractivity (Wildman–Crippen MR) is 46.3 cm³/mol. The Morgan fingerprint density at radius 3 is 1.64 bits per heavy atom. The molecule has 0 bridgehead atoms. The van der Waals surface area contributed by atoms with Crippen LogP contribution in [-0.2, 0) is 9.84 Å². The van der Waals surface area contributed by atoms with Gasteiger partial charge in [0.05, 0.1) is 10.5 Å². The van der Waals surface area contributed by atoms with E-state index in [0.29, 0.717) is 5.75 Å². The van der Waals surface area contributed by atoms with Crippen LogP contribution < -0.4 is 0 Å². The van der Waals surface area contributed by atoms with Gasteiger partial charge in [-0.2, -0.15) is 0 Å². The summed E-state index contributed by atoms with van der Waals surface area (Å²) in [5.41, 5.74) is -0.0637. The van der Waals surface area contributed by atoms with E-state index in [9.17, 15) is 8.42 Å². The average Bonchev–Trinajstić information content (AvgIpc) is 1.93. The normalized spacial score (nSPS) is 32.0. The Morgan fingerprint density at radius 2 is 1.55 bits per heavy atom. The number of rotatable bonds is 0. The first kappa shape index (κ1) is 9.04. The van der Waals surface area contributed by atoms with Crippen molar-refractivity contribution >= 4 is 9.84 Å². The van der Waals surface area contributed by atoms with Crippen LogP contribution in [0.15, 0.2) is 0 Å². The van der Waals surface area contributed by atoms with Crippen molar-refractivity contribution in [2.75, 3.05) is 5.75 Å². The van der Waals surface area contributed by atoms with Crippen molar-refractivity contribution in [1.29, 1.82) is 0 Å². The highest BCUT2D eigenvalue weighted by Gasteiger charge is 2.52. The third-order valence-corrected chi connectivity index (χ3v) is 6.25. The zero-order valence-corrected chi connectivity index (χ0v) is 8.46. The highest BCUT2D eigenvalue weighted by Crippen LogP contribution is 2.46. The zero-order chi connectivity index (χ0) is 8.91. The number of hydrogen-bond acceptors (Lipinski definition) is 2. The van der Waals surface area contributed by atoms with Gasteiger partial charge in [-0.15, -0.1) is 0 Å². The van der Waals surface area contributed by atoms with E-state index in [0.717, 1.165) is 6.42 Å². The molecular weight excluding hydrogens is 160 g/mol. The van der Waals surface area contributed by atoms with Crippen LogP contribution in [0, 0.1) is 5.41 Å². The van der Waals surface area contributed by atoms with Gasteiger partial charge in [0.15, 0.2) is 9.84 Å². The first-order valence-corrected chi connectivity index (χ1v) is 5.58. The van der Waals surface area contributed by atoms with E-state index in [4.69, 9.17) is 0 Å². The first-order valence-electron chi connectivity index (χ1n) is 3.93. The number of hydrogen-bond donors (Lipinski definition) is 0. The quantitative estimate of drug-likeness (QED) is 0.562. The molecule has 11 heavy (non-hydrogen) atoms. The minimum absolute atomic E-state index is 0.0637. The molecular formula is C8H16O2S. The summed E-state index contributed by atoms with van der Waals surface area (Å²) in [6.45, 7) is 7.71. The summed E-state index contributed by atoms with van der Waals surface area (Å²) in [5, 5.41) is 0. The SMILES string of the molecule is CC1(C)CCS(=O)(=O)C1(C)C. The van der Waals surface area contributed by atoms with E-state index in [1.807, 2.05) is 27.7 Å². The highest BCUT2D eigenvalue weighted by atomic mass is 32.2. The molecule has 0 spiro atoms. The minimum atomic E-state index is -2.83. The summed E-state index contributed by atoms with van der Waals surface area (Å²) in [4.78, 5) is 0. The predicted octanol–water partition coefficient (Wildman–Crippen LogP) is 1.61. The fourth-order valence-electron chi connectivity index (χ4n) is 1.37. The topological polar surface area (TPSA) is 34.1 Å². The maximum absolute atomic E-state index is 11.5. The van der Waals surface area contributed by atoms with E-state index >= 15 is 0 Å². The summed E-state index contributed by atoms with van der Waals surface area (Å²) in [7, 11) is -2.83. The molecule has 0 aromatic heterocycles. The van der Waals surface area contributed by atoms with Crippen LogP contribution in [0.4, 0.5) is 0 Å². The molecule has 0 aliphatic carbocycles. The average molecular weight is 176 g/mol. The van der Waals surface area contributed by atoms with Gasteiger partial charge in [0.1, 0.15) is 0 Å². The third kappa shape index (κ3) is 1.01. The van der Waals surface area contributed by atoms with Gasteiger partial charge >= 0.3 is 0 Å². The molecule has 0 amide bonds. The van der Waals surface area contributed by atoms with Crippen molar-refractivity contribution in [3.63, 3.8) is 0 Å². The molecule has 0 unspecified atom stereocenters. The molecule has 0 N–H and O–H groups in total. The van der Waals surface area contributed by atoms with Gasteiger partial charge in [-0.25, -0.2) is 8.42 Å². The van der Waals surface area contributed by atoms with Crippen LogP contribution in [0.25, 0.3) is 0 Å². The second-order valence-corrected chi connectivity index (χ2v) is 7.12. The van der Waals surface area contributed by atoms with Gasteiger partial charge < -0.3 is 0 Å². The van der Waals surface area contributed by atoms with E-state index in [2.05, 4.69) is 0 Å². The van der Waals surface area contributed by atoms with Crippen LogP contribution in [0.3, 0.4) is 0 Å². The maximum atomic E-state index is 11.5. The van der Waals surface area contributed by atoms with Crippen LogP contribution in [0.5, 0.6) is 0 Å². The Bertz CT molecular complexity index is 260. The second kappa shape index (κ2) is 2.00. The molecule has 3 heteroatoms. The Morgan fingerprint density at radius 1 is 1.09 bits per heavy atom. The van der Waals surface area contributed by atoms with Gasteiger partial charge in [0, 0.05) is 0 Å². The van der Waals surface area contributed by atoms with Crippen LogP contribution >= 0.6 is 0 Å². The fraction of sp³-hybridized carbons (Fsp3) is 1.00. The number of sulfone groups is 1. The molecule has 0 atom stereocenters. The second-order valence-electron chi connectivity index (χ2n) is 4.46. The molecule has 1 heterocycles. The highest BCUT2D eigenvalue weighted by molar-refractivity contribution is 7.93. The standard InChI is InChI=1S/C8H16O2S/c1-7(2)5-6-11(9,10)8(7,3)4/h5-6H2,1-4H3. The Hall–Kier alpha value is -0.0500. The van der Waals surface area contributed by atoms with Crippen molar-refractivity contribution < 1.29 is 8.42 Å². The van der Waals surface area contributed by atoms with Gasteiger partial charge in [0.2, 0.25) is 0 Å². The molecule has 1 rings (SSSR count).